The summed E-state index contributed by atoms with van der Waals surface area (Å²) in [5.74, 6) is 0. The van der Waals surface area contributed by atoms with Crippen molar-refractivity contribution in [3.05, 3.63) is 132 Å². The fourth-order valence-corrected chi connectivity index (χ4v) is 3.56. The molecule has 0 aliphatic carbocycles. The number of nitrogens with one attached hydrogen (secondary N) is 2. The highest BCUT2D eigenvalue weighted by Gasteiger charge is 2.01. The van der Waals surface area contributed by atoms with Crippen molar-refractivity contribution < 1.29 is 0 Å². The maximum absolute atomic E-state index is 3.47. The topological polar surface area (TPSA) is 24.1 Å². The minimum absolute atomic E-state index is 0. The van der Waals surface area contributed by atoms with Gasteiger partial charge >= 0.3 is 0 Å². The average molecular weight is 585 g/mol. The van der Waals surface area contributed by atoms with E-state index in [-0.39, 0.29) is 22.3 Å². The van der Waals surface area contributed by atoms with Crippen LogP contribution in [0, 0.1) is 13.8 Å². The van der Waals surface area contributed by atoms with Crippen molar-refractivity contribution in [1.82, 2.24) is 0 Å². The maximum Gasteiger partial charge on any atom is 0.0464 e. The zero-order valence-electron chi connectivity index (χ0n) is 26.5. The van der Waals surface area contributed by atoms with Gasteiger partial charge in [0.05, 0.1) is 0 Å². The van der Waals surface area contributed by atoms with Crippen LogP contribution in [0.1, 0.15) is 88.8 Å². The van der Waals surface area contributed by atoms with Crippen LogP contribution in [-0.2, 0) is 0 Å². The van der Waals surface area contributed by atoms with Crippen molar-refractivity contribution in [2.45, 2.75) is 91.5 Å². The summed E-state index contributed by atoms with van der Waals surface area (Å²) < 4.78 is 0. The molecule has 0 bridgehead atoms. The first kappa shape index (κ1) is 45.9. The Kier molecular flexibility index (Phi) is 31.5. The van der Waals surface area contributed by atoms with Gasteiger partial charge in [-0.3, -0.25) is 0 Å². The average Bonchev–Trinajstić information content (AvgIpc) is 3.04. The predicted molar refractivity (Wildman–Crippen MR) is 205 cm³/mol. The van der Waals surface area contributed by atoms with E-state index in [4.69, 9.17) is 0 Å². The molecule has 2 nitrogen and oxygen atoms in total. The standard InChI is InChI=1S/C17H15N.C13H13N.4C2H6.3CH4/c1-13-10-11-14-6-5-9-17(16(14)12-13)18-15-7-3-2-4-8-15;1-11-7-5-6-10-13(11)14-12-8-3-2-4-9-12;4*1-2;;;/h2-12,18H,1H3;2-10,14H,1H3;4*1-2H3;3*1H4. The molecular weight excluding hydrogens is 520 g/mol. The lowest BCUT2D eigenvalue weighted by atomic mass is 10.1. The summed E-state index contributed by atoms with van der Waals surface area (Å²) in [5, 5.41) is 9.38. The summed E-state index contributed by atoms with van der Waals surface area (Å²) in [6, 6.07) is 41.6. The lowest BCUT2D eigenvalue weighted by Crippen LogP contribution is -1.91. The zero-order valence-corrected chi connectivity index (χ0v) is 26.5. The Morgan fingerprint density at radius 3 is 1.30 bits per heavy atom. The SMILES string of the molecule is C.C.C.CC.CC.CC.CC.Cc1ccc2cccc(Nc3ccccc3)c2c1.Cc1ccccc1Nc1ccccc1. The van der Waals surface area contributed by atoms with Gasteiger partial charge in [0, 0.05) is 28.1 Å². The van der Waals surface area contributed by atoms with Gasteiger partial charge in [0.15, 0.2) is 0 Å². The molecule has 0 spiro atoms. The van der Waals surface area contributed by atoms with Crippen LogP contribution >= 0.6 is 0 Å². The van der Waals surface area contributed by atoms with E-state index in [1.54, 1.807) is 0 Å². The van der Waals surface area contributed by atoms with Crippen LogP contribution in [0.4, 0.5) is 22.7 Å². The third-order valence-electron chi connectivity index (χ3n) is 5.29. The van der Waals surface area contributed by atoms with Crippen molar-refractivity contribution >= 4 is 33.5 Å². The Bertz CT molecular complexity index is 1280. The Labute approximate surface area is 267 Å². The van der Waals surface area contributed by atoms with Gasteiger partial charge in [-0.2, -0.15) is 0 Å². The highest BCUT2D eigenvalue weighted by molar-refractivity contribution is 5.95. The highest BCUT2D eigenvalue weighted by atomic mass is 14.9. The molecule has 43 heavy (non-hydrogen) atoms. The van der Waals surface area contributed by atoms with Gasteiger partial charge in [0.2, 0.25) is 0 Å². The molecule has 0 aliphatic heterocycles. The quantitative estimate of drug-likeness (QED) is 0.219. The number of aryl methyl sites for hydroxylation is 2. The van der Waals surface area contributed by atoms with E-state index in [9.17, 15) is 0 Å². The molecule has 2 heteroatoms. The lowest BCUT2D eigenvalue weighted by molar-refractivity contribution is 1.43. The lowest BCUT2D eigenvalue weighted by Gasteiger charge is -2.10. The van der Waals surface area contributed by atoms with E-state index in [1.807, 2.05) is 104 Å². The molecule has 2 N–H and O–H groups in total. The smallest absolute Gasteiger partial charge is 0.0464 e. The van der Waals surface area contributed by atoms with Gasteiger partial charge in [-0.1, -0.05) is 162 Å². The summed E-state index contributed by atoms with van der Waals surface area (Å²) >= 11 is 0. The van der Waals surface area contributed by atoms with Gasteiger partial charge in [-0.15, -0.1) is 0 Å². The van der Waals surface area contributed by atoms with Gasteiger partial charge in [0.25, 0.3) is 0 Å². The van der Waals surface area contributed by atoms with E-state index in [2.05, 4.69) is 97.3 Å². The highest BCUT2D eigenvalue weighted by Crippen LogP contribution is 2.27. The van der Waals surface area contributed by atoms with Crippen molar-refractivity contribution in [3.63, 3.8) is 0 Å². The molecule has 0 saturated heterocycles. The first-order valence-electron chi connectivity index (χ1n) is 14.9. The van der Waals surface area contributed by atoms with E-state index in [0.29, 0.717) is 0 Å². The number of anilines is 4. The van der Waals surface area contributed by atoms with Crippen molar-refractivity contribution in [2.75, 3.05) is 10.6 Å². The third-order valence-corrected chi connectivity index (χ3v) is 5.29. The van der Waals surface area contributed by atoms with Crippen LogP contribution in [0.15, 0.2) is 121 Å². The molecule has 0 saturated carbocycles. The second-order valence-electron chi connectivity index (χ2n) is 7.83. The molecule has 0 atom stereocenters. The number of hydrogen-bond donors (Lipinski definition) is 2. The van der Waals surface area contributed by atoms with E-state index in [1.165, 1.54) is 27.6 Å². The number of rotatable bonds is 4. The first-order chi connectivity index (χ1) is 19.7. The molecule has 0 fully saturated rings. The number of benzene rings is 5. The molecule has 5 aromatic rings. The maximum atomic E-state index is 3.47. The molecule has 5 rings (SSSR count). The summed E-state index contributed by atoms with van der Waals surface area (Å²) in [6.45, 7) is 20.2. The number of hydrogen-bond acceptors (Lipinski definition) is 2. The van der Waals surface area contributed by atoms with E-state index >= 15 is 0 Å². The predicted octanol–water partition coefficient (Wildman–Crippen LogP) is 14.6. The van der Waals surface area contributed by atoms with Gasteiger partial charge in [-0.05, 0) is 67.3 Å². The molecule has 0 radical (unpaired) electrons. The molecule has 238 valence electrons. The summed E-state index contributed by atoms with van der Waals surface area (Å²) in [5.41, 5.74) is 7.11. The Morgan fingerprint density at radius 1 is 0.395 bits per heavy atom. The summed E-state index contributed by atoms with van der Waals surface area (Å²) in [4.78, 5) is 0. The molecular formula is C41H64N2. The van der Waals surface area contributed by atoms with Crippen LogP contribution in [0.5, 0.6) is 0 Å². The van der Waals surface area contributed by atoms with Gasteiger partial charge in [0.1, 0.15) is 0 Å². The fourth-order valence-electron chi connectivity index (χ4n) is 3.56. The monoisotopic (exact) mass is 585 g/mol. The van der Waals surface area contributed by atoms with Crippen molar-refractivity contribution in [2.24, 2.45) is 0 Å². The Hall–Kier alpha value is -4.04. The van der Waals surface area contributed by atoms with E-state index in [0.717, 1.165) is 17.1 Å². The van der Waals surface area contributed by atoms with Crippen LogP contribution < -0.4 is 10.6 Å². The van der Waals surface area contributed by atoms with Crippen LogP contribution in [-0.4, -0.2) is 0 Å². The summed E-state index contributed by atoms with van der Waals surface area (Å²) in [7, 11) is 0. The van der Waals surface area contributed by atoms with Gasteiger partial charge < -0.3 is 10.6 Å². The molecule has 0 aromatic heterocycles. The minimum atomic E-state index is 0. The second-order valence-corrected chi connectivity index (χ2v) is 7.83. The van der Waals surface area contributed by atoms with Crippen LogP contribution in [0.3, 0.4) is 0 Å². The molecule has 0 amide bonds. The largest absolute Gasteiger partial charge is 0.355 e. The van der Waals surface area contributed by atoms with Crippen LogP contribution in [0.25, 0.3) is 10.8 Å². The van der Waals surface area contributed by atoms with E-state index < -0.39 is 0 Å². The third kappa shape index (κ3) is 16.9. The van der Waals surface area contributed by atoms with Crippen molar-refractivity contribution in [3.8, 4) is 0 Å². The summed E-state index contributed by atoms with van der Waals surface area (Å²) in [6.07, 6.45) is 0. The Morgan fingerprint density at radius 2 is 0.814 bits per heavy atom. The zero-order chi connectivity index (χ0) is 30.2. The Balaban J connectivity index is -0.000000276. The normalized spacial score (nSPS) is 8.14. The fraction of sp³-hybridized carbons (Fsp3) is 0.317. The molecule has 0 unspecified atom stereocenters. The number of fused-ring (bicyclic) bond motifs is 1. The molecule has 5 aromatic carbocycles. The molecule has 0 heterocycles. The van der Waals surface area contributed by atoms with Crippen molar-refractivity contribution in [1.29, 1.82) is 0 Å². The van der Waals surface area contributed by atoms with Gasteiger partial charge in [-0.25, -0.2) is 0 Å². The first-order valence-corrected chi connectivity index (χ1v) is 14.9. The molecule has 0 aliphatic rings. The van der Waals surface area contributed by atoms with Crippen LogP contribution in [0.2, 0.25) is 0 Å². The second kappa shape index (κ2) is 29.5. The minimum Gasteiger partial charge on any atom is -0.355 e. The number of para-hydroxylation sites is 3.